The van der Waals surface area contributed by atoms with E-state index in [1.807, 2.05) is 0 Å². The number of nitrogens with one attached hydrogen (secondary N) is 1. The van der Waals surface area contributed by atoms with E-state index in [1.165, 1.54) is 27.3 Å². The molecular weight excluding hydrogens is 620 g/mol. The number of rotatable bonds is 2. The first-order chi connectivity index (χ1) is 19.9. The molecule has 6 N–H and O–H groups in total. The fraction of sp³-hybridized carbons (Fsp3) is 0.526. The van der Waals surface area contributed by atoms with Crippen molar-refractivity contribution in [2.24, 2.45) is 5.92 Å². The van der Waals surface area contributed by atoms with Crippen LogP contribution in [0.5, 0.6) is 0 Å². The summed E-state index contributed by atoms with van der Waals surface area (Å²) in [5, 5.41) is 22.7. The first-order valence-corrected chi connectivity index (χ1v) is 16.3. The normalized spacial score (nSPS) is 33.5. The molecule has 0 spiro atoms. The zero-order valence-corrected chi connectivity index (χ0v) is 24.4. The maximum absolute atomic E-state index is 12.3. The molecule has 18 nitrogen and oxygen atoms in total. The number of anilines is 2. The van der Waals surface area contributed by atoms with Crippen molar-refractivity contribution in [3.05, 3.63) is 28.4 Å². The highest BCUT2D eigenvalue weighted by atomic mass is 32.7. The number of hydrogen-bond acceptors (Lipinski definition) is 17. The minimum atomic E-state index is -1.79. The Morgan fingerprint density at radius 2 is 2.15 bits per heavy atom. The summed E-state index contributed by atoms with van der Waals surface area (Å²) < 4.78 is 33.1. The molecule has 0 radical (unpaired) electrons. The minimum absolute atomic E-state index is 0.000682. The topological polar surface area (TPSA) is 238 Å². The predicted octanol–water partition coefficient (Wildman–Crippen LogP) is 0.309. The van der Waals surface area contributed by atoms with Crippen LogP contribution in [-0.4, -0.2) is 86.6 Å². The van der Waals surface area contributed by atoms with Gasteiger partial charge in [0.15, 0.2) is 25.8 Å². The molecule has 0 aromatic carbocycles. The fourth-order valence-corrected chi connectivity index (χ4v) is 8.52. The second-order valence-electron chi connectivity index (χ2n) is 9.38. The van der Waals surface area contributed by atoms with Crippen LogP contribution in [0.15, 0.2) is 17.3 Å². The Balaban J connectivity index is 1.11. The third kappa shape index (κ3) is 5.05. The summed E-state index contributed by atoms with van der Waals surface area (Å²) >= 11 is 5.75. The van der Waals surface area contributed by atoms with Crippen LogP contribution in [0.3, 0.4) is 0 Å². The summed E-state index contributed by atoms with van der Waals surface area (Å²) in [6.07, 6.45) is 0.989. The van der Waals surface area contributed by atoms with Gasteiger partial charge in [0, 0.05) is 11.5 Å². The largest absolute Gasteiger partial charge is 0.387 e. The molecule has 3 aliphatic rings. The van der Waals surface area contributed by atoms with E-state index in [2.05, 4.69) is 47.6 Å². The number of aliphatic hydroxyl groups is 1. The van der Waals surface area contributed by atoms with Crippen LogP contribution in [0.25, 0.3) is 16.8 Å². The Labute approximate surface area is 242 Å². The molecule has 4 aromatic rings. The highest BCUT2D eigenvalue weighted by Crippen LogP contribution is 2.54. The van der Waals surface area contributed by atoms with E-state index in [9.17, 15) is 9.90 Å². The molecule has 7 rings (SSSR count). The van der Waals surface area contributed by atoms with Crippen LogP contribution in [0.1, 0.15) is 23.5 Å². The maximum Gasteiger partial charge on any atom is 0.282 e. The van der Waals surface area contributed by atoms with Gasteiger partial charge in [-0.2, -0.15) is 14.6 Å². The highest BCUT2D eigenvalue weighted by Gasteiger charge is 2.49. The van der Waals surface area contributed by atoms with Crippen molar-refractivity contribution in [2.75, 3.05) is 24.7 Å². The lowest BCUT2D eigenvalue weighted by Crippen LogP contribution is -2.33. The Morgan fingerprint density at radius 1 is 1.27 bits per heavy atom. The number of hydrogen-bond donors (Lipinski definition) is 5. The zero-order valence-electron chi connectivity index (χ0n) is 20.7. The summed E-state index contributed by atoms with van der Waals surface area (Å²) in [7, 11) is -2.17. The molecule has 3 saturated heterocycles. The fourth-order valence-electron chi connectivity index (χ4n) is 4.98. The van der Waals surface area contributed by atoms with Crippen LogP contribution in [0, 0.1) is 5.92 Å². The average molecular weight is 644 g/mol. The summed E-state index contributed by atoms with van der Waals surface area (Å²) in [4.78, 5) is 27.1. The van der Waals surface area contributed by atoms with Crippen molar-refractivity contribution in [1.29, 1.82) is 0 Å². The van der Waals surface area contributed by atoms with Crippen LogP contribution in [0.2, 0.25) is 0 Å². The zero-order chi connectivity index (χ0) is 28.2. The van der Waals surface area contributed by atoms with Crippen LogP contribution in [0.4, 0.5) is 11.9 Å². The number of aromatic nitrogens is 9. The molecule has 0 saturated carbocycles. The van der Waals surface area contributed by atoms with Gasteiger partial charge < -0.3 is 39.4 Å². The molecule has 22 heteroatoms. The van der Waals surface area contributed by atoms with Gasteiger partial charge >= 0.3 is 0 Å². The number of nitrogens with two attached hydrogens (primary N) is 2. The molecular formula is C19H23N11O7P2S2. The van der Waals surface area contributed by atoms with Gasteiger partial charge in [-0.3, -0.25) is 9.78 Å². The number of aromatic amines is 1. The van der Waals surface area contributed by atoms with Crippen molar-refractivity contribution in [1.82, 2.24) is 44.5 Å². The first kappa shape index (κ1) is 27.6. The Hall–Kier alpha value is -2.25. The maximum atomic E-state index is 12.3. The van der Waals surface area contributed by atoms with Crippen molar-refractivity contribution in [3.8, 4) is 0 Å². The smallest absolute Gasteiger partial charge is 0.282 e. The molecule has 7 heterocycles. The lowest BCUT2D eigenvalue weighted by molar-refractivity contribution is -0.00967. The molecule has 4 aromatic heterocycles. The Morgan fingerprint density at radius 3 is 3.02 bits per heavy atom. The summed E-state index contributed by atoms with van der Waals surface area (Å²) in [6, 6.07) is 0. The number of fused-ring (bicyclic) bond motifs is 5. The third-order valence-corrected chi connectivity index (χ3v) is 10.6. The average Bonchev–Trinajstić information content (AvgIpc) is 3.71. The molecule has 2 bridgehead atoms. The van der Waals surface area contributed by atoms with Gasteiger partial charge in [-0.25, -0.2) is 14.6 Å². The standard InChI is InChI=1S/C19H23N11O7P2S2/c20-18-25-14-10(15(32)26-18)27-28-29(14)16-12-11(31)17(41-16)36-38-33-3-6-1-8(35-9(6)4-34-39(40)37-12)7-2-24-30-13(7)22-5-23-19(30)21/h2,5-6,8-9,11-12,16-17,31,38,40H,1,3-4H2,(H2,21,22,23)(H3,20,25,26,32)/t6-,8-,9-,11+,12-,16-,17?,39?/m1/s1. The molecule has 3 aliphatic heterocycles. The Bertz CT molecular complexity index is 1640. The van der Waals surface area contributed by atoms with Crippen LogP contribution >= 0.6 is 40.6 Å². The van der Waals surface area contributed by atoms with Crippen LogP contribution in [-0.2, 0) is 22.8 Å². The highest BCUT2D eigenvalue weighted by molar-refractivity contribution is 8.41. The molecule has 0 amide bonds. The van der Waals surface area contributed by atoms with Gasteiger partial charge in [-0.15, -0.1) is 5.10 Å². The Kier molecular flexibility index (Phi) is 7.47. The van der Waals surface area contributed by atoms with E-state index in [0.29, 0.717) is 18.7 Å². The predicted molar refractivity (Wildman–Crippen MR) is 150 cm³/mol. The van der Waals surface area contributed by atoms with Crippen molar-refractivity contribution >= 4 is 69.3 Å². The lowest BCUT2D eigenvalue weighted by Gasteiger charge is -2.25. The second kappa shape index (κ2) is 11.1. The second-order valence-corrected chi connectivity index (χ2v) is 13.2. The number of nitrogens with zero attached hydrogens (tertiary/aromatic N) is 8. The third-order valence-electron chi connectivity index (χ3n) is 6.93. The quantitative estimate of drug-likeness (QED) is 0.146. The molecule has 218 valence electrons. The van der Waals surface area contributed by atoms with Gasteiger partial charge in [0.2, 0.25) is 19.5 Å². The molecule has 9 atom stereocenters. The van der Waals surface area contributed by atoms with Crippen molar-refractivity contribution < 1.29 is 27.9 Å². The van der Waals surface area contributed by atoms with E-state index in [-0.39, 0.29) is 56.8 Å². The van der Waals surface area contributed by atoms with Gasteiger partial charge in [0.25, 0.3) is 5.56 Å². The molecule has 0 aliphatic carbocycles. The first-order valence-electron chi connectivity index (χ1n) is 12.2. The SMILES string of the molecule is Nc1nc2c(nnn2[C@@H]2SC3OPOC[C@H]4C[C@H](c5cnn6c(N)ncnc56)O[C@@H]4COP(S)O[C@@H]2[C@@H]3O)c(=O)[nH]1. The number of thioether (sulfide) groups is 1. The van der Waals surface area contributed by atoms with Gasteiger partial charge in [0.05, 0.1) is 31.6 Å². The van der Waals surface area contributed by atoms with Crippen molar-refractivity contribution in [2.45, 2.75) is 41.6 Å². The van der Waals surface area contributed by atoms with Gasteiger partial charge in [0.1, 0.15) is 29.3 Å². The van der Waals surface area contributed by atoms with E-state index >= 15 is 0 Å². The summed E-state index contributed by atoms with van der Waals surface area (Å²) in [5.41, 5.74) is 11.9. The van der Waals surface area contributed by atoms with Crippen molar-refractivity contribution in [3.63, 3.8) is 0 Å². The van der Waals surface area contributed by atoms with E-state index in [0.717, 1.165) is 5.56 Å². The minimum Gasteiger partial charge on any atom is -0.387 e. The van der Waals surface area contributed by atoms with E-state index < -0.39 is 36.2 Å². The number of ether oxygens (including phenoxy) is 1. The molecule has 3 fully saturated rings. The van der Waals surface area contributed by atoms with Gasteiger partial charge in [-0.05, 0) is 6.42 Å². The lowest BCUT2D eigenvalue weighted by atomic mass is 9.99. The number of H-pyrrole nitrogens is 1. The summed E-state index contributed by atoms with van der Waals surface area (Å²) in [6.45, 7) is 0.481. The number of aliphatic hydroxyl groups excluding tert-OH is 1. The number of thiol groups is 1. The van der Waals surface area contributed by atoms with Gasteiger partial charge in [-0.1, -0.05) is 29.2 Å². The van der Waals surface area contributed by atoms with E-state index in [1.54, 1.807) is 6.20 Å². The molecule has 3 unspecified atom stereocenters. The number of nitrogen functional groups attached to an aromatic ring is 2. The monoisotopic (exact) mass is 643 g/mol. The molecule has 41 heavy (non-hydrogen) atoms. The van der Waals surface area contributed by atoms with Crippen LogP contribution < -0.4 is 17.0 Å². The van der Waals surface area contributed by atoms with E-state index in [4.69, 9.17) is 34.3 Å². The summed E-state index contributed by atoms with van der Waals surface area (Å²) in [5.74, 6) is 0.0881.